The summed E-state index contributed by atoms with van der Waals surface area (Å²) < 4.78 is 38.0. The molecule has 0 spiro atoms. The van der Waals surface area contributed by atoms with Crippen molar-refractivity contribution in [3.63, 3.8) is 0 Å². The first-order chi connectivity index (χ1) is 9.70. The van der Waals surface area contributed by atoms with Crippen molar-refractivity contribution >= 4 is 11.9 Å². The molecule has 1 aromatic rings. The van der Waals surface area contributed by atoms with Crippen molar-refractivity contribution in [2.45, 2.75) is 32.0 Å². The highest BCUT2D eigenvalue weighted by molar-refractivity contribution is 5.98. The Morgan fingerprint density at radius 1 is 1.33 bits per heavy atom. The molecule has 7 heteroatoms. The van der Waals surface area contributed by atoms with Crippen molar-refractivity contribution < 1.29 is 27.9 Å². The van der Waals surface area contributed by atoms with Gasteiger partial charge in [0.15, 0.2) is 0 Å². The minimum atomic E-state index is -4.55. The monoisotopic (exact) mass is 301 g/mol. The van der Waals surface area contributed by atoms with Crippen LogP contribution in [0.25, 0.3) is 0 Å². The Hall–Kier alpha value is -2.05. The predicted molar refractivity (Wildman–Crippen MR) is 67.8 cm³/mol. The van der Waals surface area contributed by atoms with Crippen LogP contribution in [0.1, 0.15) is 34.3 Å². The molecule has 4 nitrogen and oxygen atoms in total. The fraction of sp³-hybridized carbons (Fsp3) is 0.429. The largest absolute Gasteiger partial charge is 0.480 e. The Labute approximate surface area is 119 Å². The van der Waals surface area contributed by atoms with Gasteiger partial charge in [0.1, 0.15) is 6.04 Å². The molecule has 0 radical (unpaired) electrons. The molecule has 0 saturated heterocycles. The van der Waals surface area contributed by atoms with Gasteiger partial charge in [-0.05, 0) is 43.4 Å². The number of hydrogen-bond donors (Lipinski definition) is 2. The third-order valence-corrected chi connectivity index (χ3v) is 3.46. The van der Waals surface area contributed by atoms with Gasteiger partial charge in [-0.25, -0.2) is 4.79 Å². The molecule has 0 bridgehead atoms. The number of rotatable bonds is 4. The first kappa shape index (κ1) is 15.3. The van der Waals surface area contributed by atoms with E-state index in [1.54, 1.807) is 0 Å². The fourth-order valence-electron chi connectivity index (χ4n) is 2.07. The van der Waals surface area contributed by atoms with Gasteiger partial charge >= 0.3 is 12.1 Å². The second-order valence-electron chi connectivity index (χ2n) is 5.15. The number of carboxylic acid groups (broad SMARTS) is 1. The first-order valence-electron chi connectivity index (χ1n) is 6.41. The molecule has 0 aliphatic heterocycles. The van der Waals surface area contributed by atoms with Crippen LogP contribution in [0.5, 0.6) is 0 Å². The van der Waals surface area contributed by atoms with E-state index in [1.807, 2.05) is 0 Å². The van der Waals surface area contributed by atoms with Gasteiger partial charge in [-0.3, -0.25) is 4.79 Å². The molecule has 1 fully saturated rings. The number of hydrogen-bond acceptors (Lipinski definition) is 2. The summed E-state index contributed by atoms with van der Waals surface area (Å²) >= 11 is 0. The summed E-state index contributed by atoms with van der Waals surface area (Å²) in [6.07, 6.45) is -3.16. The molecule has 2 N–H and O–H groups in total. The van der Waals surface area contributed by atoms with E-state index in [1.165, 1.54) is 13.0 Å². The molecule has 0 unspecified atom stereocenters. The molecule has 1 aromatic carbocycles. The number of amides is 1. The average Bonchev–Trinajstić information content (AvgIpc) is 3.18. The Bertz CT molecular complexity index is 579. The molecule has 0 heterocycles. The zero-order chi connectivity index (χ0) is 15.8. The van der Waals surface area contributed by atoms with E-state index in [-0.39, 0.29) is 11.5 Å². The molecule has 114 valence electrons. The van der Waals surface area contributed by atoms with Crippen LogP contribution < -0.4 is 5.32 Å². The second kappa shape index (κ2) is 5.38. The normalized spacial score (nSPS) is 16.4. The molecular weight excluding hydrogens is 287 g/mol. The summed E-state index contributed by atoms with van der Waals surface area (Å²) in [6, 6.07) is 1.79. The number of carbonyl (C=O) groups excluding carboxylic acids is 1. The summed E-state index contributed by atoms with van der Waals surface area (Å²) in [5.74, 6) is -2.11. The SMILES string of the molecule is Cc1ccc(C(F)(F)F)cc1C(=O)N[C@H](C(=O)O)C1CC1. The van der Waals surface area contributed by atoms with Crippen LogP contribution in [0.15, 0.2) is 18.2 Å². The van der Waals surface area contributed by atoms with Gasteiger partial charge < -0.3 is 10.4 Å². The smallest absolute Gasteiger partial charge is 0.416 e. The summed E-state index contributed by atoms with van der Waals surface area (Å²) in [7, 11) is 0. The number of alkyl halides is 3. The summed E-state index contributed by atoms with van der Waals surface area (Å²) in [5, 5.41) is 11.3. The average molecular weight is 301 g/mol. The van der Waals surface area contributed by atoms with Gasteiger partial charge in [-0.1, -0.05) is 6.07 Å². The van der Waals surface area contributed by atoms with Gasteiger partial charge in [-0.15, -0.1) is 0 Å². The third-order valence-electron chi connectivity index (χ3n) is 3.46. The quantitative estimate of drug-likeness (QED) is 0.898. The van der Waals surface area contributed by atoms with Crippen molar-refractivity contribution in [1.29, 1.82) is 0 Å². The molecule has 2 rings (SSSR count). The molecule has 0 aromatic heterocycles. The fourth-order valence-corrected chi connectivity index (χ4v) is 2.07. The van der Waals surface area contributed by atoms with Crippen molar-refractivity contribution in [2.75, 3.05) is 0 Å². The highest BCUT2D eigenvalue weighted by Gasteiger charge is 2.38. The van der Waals surface area contributed by atoms with E-state index in [0.717, 1.165) is 12.1 Å². The van der Waals surface area contributed by atoms with Crippen LogP contribution >= 0.6 is 0 Å². The van der Waals surface area contributed by atoms with Gasteiger partial charge in [0.2, 0.25) is 0 Å². The van der Waals surface area contributed by atoms with Crippen LogP contribution in [-0.2, 0) is 11.0 Å². The zero-order valence-corrected chi connectivity index (χ0v) is 11.2. The predicted octanol–water partition coefficient (Wildman–Crippen LogP) is 2.61. The number of carboxylic acids is 1. The topological polar surface area (TPSA) is 66.4 Å². The van der Waals surface area contributed by atoms with Gasteiger partial charge in [0, 0.05) is 5.56 Å². The number of aliphatic carboxylic acids is 1. The molecule has 1 amide bonds. The van der Waals surface area contributed by atoms with E-state index in [9.17, 15) is 22.8 Å². The zero-order valence-electron chi connectivity index (χ0n) is 11.2. The summed E-state index contributed by atoms with van der Waals surface area (Å²) in [5.41, 5.74) is -0.728. The van der Waals surface area contributed by atoms with Crippen LogP contribution in [0, 0.1) is 12.8 Å². The van der Waals surface area contributed by atoms with Gasteiger partial charge in [0.25, 0.3) is 5.91 Å². The first-order valence-corrected chi connectivity index (χ1v) is 6.41. The highest BCUT2D eigenvalue weighted by atomic mass is 19.4. The Morgan fingerprint density at radius 3 is 2.43 bits per heavy atom. The number of halogens is 3. The summed E-state index contributed by atoms with van der Waals surface area (Å²) in [6.45, 7) is 1.50. The number of carbonyl (C=O) groups is 2. The van der Waals surface area contributed by atoms with E-state index in [2.05, 4.69) is 5.32 Å². The van der Waals surface area contributed by atoms with Gasteiger partial charge in [-0.2, -0.15) is 13.2 Å². The minimum Gasteiger partial charge on any atom is -0.480 e. The van der Waals surface area contributed by atoms with Crippen molar-refractivity contribution in [1.82, 2.24) is 5.32 Å². The Balaban J connectivity index is 2.24. The lowest BCUT2D eigenvalue weighted by Gasteiger charge is -2.16. The standard InChI is InChI=1S/C14H14F3NO3/c1-7-2-5-9(14(15,16)17)6-10(7)12(19)18-11(13(20)21)8-3-4-8/h2,5-6,8,11H,3-4H2,1H3,(H,18,19)(H,20,21)/t11-/m0/s1. The Kier molecular flexibility index (Phi) is 3.93. The lowest BCUT2D eigenvalue weighted by molar-refractivity contribution is -0.140. The second-order valence-corrected chi connectivity index (χ2v) is 5.15. The maximum atomic E-state index is 12.7. The van der Waals surface area contributed by atoms with E-state index >= 15 is 0 Å². The van der Waals surface area contributed by atoms with Crippen LogP contribution in [-0.4, -0.2) is 23.0 Å². The van der Waals surface area contributed by atoms with E-state index in [0.29, 0.717) is 18.4 Å². The molecule has 1 atom stereocenters. The van der Waals surface area contributed by atoms with Crippen molar-refractivity contribution in [2.24, 2.45) is 5.92 Å². The number of nitrogens with one attached hydrogen (secondary N) is 1. The van der Waals surface area contributed by atoms with Crippen LogP contribution in [0.3, 0.4) is 0 Å². The molecule has 21 heavy (non-hydrogen) atoms. The van der Waals surface area contributed by atoms with E-state index in [4.69, 9.17) is 5.11 Å². The molecule has 1 aliphatic rings. The number of benzene rings is 1. The molecule has 1 aliphatic carbocycles. The third kappa shape index (κ3) is 3.53. The molecule has 1 saturated carbocycles. The summed E-state index contributed by atoms with van der Waals surface area (Å²) in [4.78, 5) is 23.1. The lowest BCUT2D eigenvalue weighted by Crippen LogP contribution is -2.42. The van der Waals surface area contributed by atoms with Gasteiger partial charge in [0.05, 0.1) is 5.56 Å². The maximum Gasteiger partial charge on any atom is 0.416 e. The number of aryl methyl sites for hydroxylation is 1. The maximum absolute atomic E-state index is 12.7. The highest BCUT2D eigenvalue weighted by Crippen LogP contribution is 2.33. The minimum absolute atomic E-state index is 0.141. The Morgan fingerprint density at radius 2 is 1.95 bits per heavy atom. The van der Waals surface area contributed by atoms with Crippen LogP contribution in [0.4, 0.5) is 13.2 Å². The van der Waals surface area contributed by atoms with E-state index < -0.39 is 29.7 Å². The van der Waals surface area contributed by atoms with Crippen molar-refractivity contribution in [3.05, 3.63) is 34.9 Å². The molecular formula is C14H14F3NO3. The lowest BCUT2D eigenvalue weighted by atomic mass is 10.0. The van der Waals surface area contributed by atoms with Crippen LogP contribution in [0.2, 0.25) is 0 Å². The van der Waals surface area contributed by atoms with Crippen molar-refractivity contribution in [3.8, 4) is 0 Å².